The third-order valence-electron chi connectivity index (χ3n) is 5.17. The van der Waals surface area contributed by atoms with Gasteiger partial charge in [-0.2, -0.15) is 0 Å². The van der Waals surface area contributed by atoms with Crippen LogP contribution in [0.15, 0.2) is 58.2 Å². The number of carbonyl (C=O) groups excluding carboxylic acids is 1. The minimum atomic E-state index is 0.143. The second-order valence-electron chi connectivity index (χ2n) is 7.50. The van der Waals surface area contributed by atoms with Gasteiger partial charge in [-0.05, 0) is 37.6 Å². The summed E-state index contributed by atoms with van der Waals surface area (Å²) in [5.74, 6) is 2.94. The molecule has 9 nitrogen and oxygen atoms in total. The van der Waals surface area contributed by atoms with Crippen molar-refractivity contribution in [2.75, 3.05) is 6.54 Å². The first-order chi connectivity index (χ1) is 15.7. The number of nitrogens with zero attached hydrogens (tertiary/aromatic N) is 7. The van der Waals surface area contributed by atoms with Crippen LogP contribution in [0.1, 0.15) is 30.1 Å². The Balaban J connectivity index is 1.37. The molecule has 0 saturated carbocycles. The lowest BCUT2D eigenvalue weighted by Crippen LogP contribution is -2.25. The zero-order chi connectivity index (χ0) is 21.9. The van der Waals surface area contributed by atoms with Gasteiger partial charge in [-0.3, -0.25) is 9.36 Å². The van der Waals surface area contributed by atoms with E-state index in [2.05, 4.69) is 25.4 Å². The van der Waals surface area contributed by atoms with Crippen LogP contribution in [0.5, 0.6) is 0 Å². The Labute approximate surface area is 188 Å². The first-order valence-electron chi connectivity index (χ1n) is 10.3. The number of aromatic nitrogens is 6. The summed E-state index contributed by atoms with van der Waals surface area (Å²) < 4.78 is 7.72. The summed E-state index contributed by atoms with van der Waals surface area (Å²) in [5.41, 5.74) is 2.05. The zero-order valence-corrected chi connectivity index (χ0v) is 18.3. The first kappa shape index (κ1) is 20.4. The molecule has 0 spiro atoms. The highest BCUT2D eigenvalue weighted by Gasteiger charge is 2.24. The normalized spacial score (nSPS) is 13.8. The van der Waals surface area contributed by atoms with Crippen molar-refractivity contribution in [3.63, 3.8) is 0 Å². The molecule has 0 unspecified atom stereocenters. The Hall–Kier alpha value is -3.53. The highest BCUT2D eigenvalue weighted by Crippen LogP contribution is 2.27. The molecule has 0 radical (unpaired) electrons. The first-order valence-corrected chi connectivity index (χ1v) is 11.3. The van der Waals surface area contributed by atoms with E-state index in [1.807, 2.05) is 58.9 Å². The molecule has 1 fully saturated rings. The van der Waals surface area contributed by atoms with Crippen LogP contribution in [0, 0.1) is 6.92 Å². The molecule has 1 aromatic carbocycles. The Morgan fingerprint density at radius 3 is 2.69 bits per heavy atom. The van der Waals surface area contributed by atoms with E-state index < -0.39 is 0 Å². The minimum Gasteiger partial charge on any atom is -0.420 e. The van der Waals surface area contributed by atoms with E-state index in [0.29, 0.717) is 47.3 Å². The van der Waals surface area contributed by atoms with E-state index in [1.165, 1.54) is 17.3 Å². The molecule has 1 saturated heterocycles. The fourth-order valence-electron chi connectivity index (χ4n) is 3.51. The number of hydrogen-bond donors (Lipinski definition) is 0. The Morgan fingerprint density at radius 2 is 1.94 bits per heavy atom. The predicted molar refractivity (Wildman–Crippen MR) is 118 cm³/mol. The SMILES string of the molecule is Cc1ccc(-c2nnc(CSc3nnc(CN4CCCC4=O)n3-c3ccccn3)o2)cc1. The third-order valence-corrected chi connectivity index (χ3v) is 6.09. The van der Waals surface area contributed by atoms with Crippen LogP contribution < -0.4 is 0 Å². The quantitative estimate of drug-likeness (QED) is 0.397. The number of benzene rings is 1. The number of aryl methyl sites for hydroxylation is 1. The van der Waals surface area contributed by atoms with Gasteiger partial charge in [-0.1, -0.05) is 35.5 Å². The maximum Gasteiger partial charge on any atom is 0.247 e. The van der Waals surface area contributed by atoms with Crippen molar-refractivity contribution in [3.05, 3.63) is 65.9 Å². The lowest BCUT2D eigenvalue weighted by Gasteiger charge is -2.16. The van der Waals surface area contributed by atoms with Gasteiger partial charge in [0.15, 0.2) is 11.0 Å². The molecule has 3 aromatic heterocycles. The number of amides is 1. The van der Waals surface area contributed by atoms with Gasteiger partial charge < -0.3 is 9.32 Å². The minimum absolute atomic E-state index is 0.143. The molecule has 0 N–H and O–H groups in total. The number of carbonyl (C=O) groups is 1. The number of likely N-dealkylation sites (tertiary alicyclic amines) is 1. The van der Waals surface area contributed by atoms with Gasteiger partial charge in [0.05, 0.1) is 12.3 Å². The third kappa shape index (κ3) is 4.26. The van der Waals surface area contributed by atoms with Crippen LogP contribution in [0.3, 0.4) is 0 Å². The number of hydrogen-bond acceptors (Lipinski definition) is 8. The molecule has 4 aromatic rings. The van der Waals surface area contributed by atoms with Crippen LogP contribution in [0.4, 0.5) is 0 Å². The lowest BCUT2D eigenvalue weighted by molar-refractivity contribution is -0.128. The Morgan fingerprint density at radius 1 is 1.06 bits per heavy atom. The van der Waals surface area contributed by atoms with E-state index in [1.54, 1.807) is 6.20 Å². The van der Waals surface area contributed by atoms with Gasteiger partial charge >= 0.3 is 0 Å². The van der Waals surface area contributed by atoms with Crippen molar-refractivity contribution in [2.45, 2.75) is 37.2 Å². The topological polar surface area (TPSA) is 103 Å². The van der Waals surface area contributed by atoms with E-state index in [-0.39, 0.29) is 5.91 Å². The Bertz CT molecular complexity index is 1220. The summed E-state index contributed by atoms with van der Waals surface area (Å²) in [6.45, 7) is 3.17. The summed E-state index contributed by atoms with van der Waals surface area (Å²) in [5, 5.41) is 17.7. The number of thioether (sulfide) groups is 1. The fraction of sp³-hybridized carbons (Fsp3) is 0.273. The van der Waals surface area contributed by atoms with Crippen LogP contribution in [-0.4, -0.2) is 47.3 Å². The summed E-state index contributed by atoms with van der Waals surface area (Å²) in [7, 11) is 0. The molecule has 10 heteroatoms. The second-order valence-corrected chi connectivity index (χ2v) is 8.44. The molecule has 1 aliphatic rings. The van der Waals surface area contributed by atoms with Crippen molar-refractivity contribution in [1.82, 2.24) is 34.8 Å². The van der Waals surface area contributed by atoms with Crippen molar-refractivity contribution >= 4 is 17.7 Å². The highest BCUT2D eigenvalue weighted by atomic mass is 32.2. The predicted octanol–water partition coefficient (Wildman–Crippen LogP) is 3.44. The van der Waals surface area contributed by atoms with Crippen LogP contribution in [-0.2, 0) is 17.1 Å². The molecule has 162 valence electrons. The van der Waals surface area contributed by atoms with Crippen molar-refractivity contribution in [1.29, 1.82) is 0 Å². The smallest absolute Gasteiger partial charge is 0.247 e. The molecule has 0 bridgehead atoms. The zero-order valence-electron chi connectivity index (χ0n) is 17.5. The van der Waals surface area contributed by atoms with Crippen LogP contribution >= 0.6 is 11.8 Å². The van der Waals surface area contributed by atoms with Crippen LogP contribution in [0.25, 0.3) is 17.3 Å². The van der Waals surface area contributed by atoms with Gasteiger partial charge in [-0.25, -0.2) is 4.98 Å². The van der Waals surface area contributed by atoms with E-state index >= 15 is 0 Å². The summed E-state index contributed by atoms with van der Waals surface area (Å²) in [4.78, 5) is 18.4. The van der Waals surface area contributed by atoms with Gasteiger partial charge in [0.25, 0.3) is 0 Å². The second kappa shape index (κ2) is 8.91. The molecule has 1 aliphatic heterocycles. The molecule has 0 atom stereocenters. The van der Waals surface area contributed by atoms with Gasteiger partial charge in [0, 0.05) is 24.7 Å². The lowest BCUT2D eigenvalue weighted by atomic mass is 10.1. The number of rotatable bonds is 7. The average Bonchev–Trinajstić information content (AvgIpc) is 3.54. The fourth-order valence-corrected chi connectivity index (χ4v) is 4.30. The van der Waals surface area contributed by atoms with Crippen molar-refractivity contribution in [2.24, 2.45) is 0 Å². The Kier molecular flexibility index (Phi) is 5.68. The molecule has 1 amide bonds. The summed E-state index contributed by atoms with van der Waals surface area (Å²) in [6.07, 6.45) is 3.18. The largest absolute Gasteiger partial charge is 0.420 e. The summed E-state index contributed by atoms with van der Waals surface area (Å²) in [6, 6.07) is 13.6. The number of pyridine rings is 1. The van der Waals surface area contributed by atoms with Gasteiger partial charge in [0.2, 0.25) is 17.7 Å². The van der Waals surface area contributed by atoms with Gasteiger partial charge in [-0.15, -0.1) is 20.4 Å². The molecule has 4 heterocycles. The average molecular weight is 448 g/mol. The molecule has 0 aliphatic carbocycles. The van der Waals surface area contributed by atoms with Crippen LogP contribution in [0.2, 0.25) is 0 Å². The molecular formula is C22H21N7O2S. The standard InChI is InChI=1S/C22H21N7O2S/c1-15-7-9-16(10-8-15)21-26-25-19(31-21)14-32-22-27-24-18(13-28-12-4-6-20(28)30)29(22)17-5-2-3-11-23-17/h2-3,5,7-11H,4,6,12-14H2,1H3. The maximum atomic E-state index is 12.1. The monoisotopic (exact) mass is 447 g/mol. The molecule has 32 heavy (non-hydrogen) atoms. The summed E-state index contributed by atoms with van der Waals surface area (Å²) >= 11 is 1.44. The van der Waals surface area contributed by atoms with E-state index in [9.17, 15) is 4.79 Å². The van der Waals surface area contributed by atoms with E-state index in [0.717, 1.165) is 18.5 Å². The van der Waals surface area contributed by atoms with E-state index in [4.69, 9.17) is 4.42 Å². The van der Waals surface area contributed by atoms with Crippen molar-refractivity contribution < 1.29 is 9.21 Å². The molecular weight excluding hydrogens is 426 g/mol. The highest BCUT2D eigenvalue weighted by molar-refractivity contribution is 7.98. The van der Waals surface area contributed by atoms with Gasteiger partial charge in [0.1, 0.15) is 5.82 Å². The maximum absolute atomic E-state index is 12.1. The molecule has 5 rings (SSSR count). The van der Waals surface area contributed by atoms with Crippen molar-refractivity contribution in [3.8, 4) is 17.3 Å².